The monoisotopic (exact) mass is 602 g/mol. The predicted molar refractivity (Wildman–Crippen MR) is 180 cm³/mol. The van der Waals surface area contributed by atoms with Crippen molar-refractivity contribution < 1.29 is 8.81 Å². The van der Waals surface area contributed by atoms with Crippen LogP contribution in [0.15, 0.2) is 59.0 Å². The van der Waals surface area contributed by atoms with Gasteiger partial charge in [0.15, 0.2) is 0 Å². The lowest BCUT2D eigenvalue weighted by atomic mass is 9.74. The van der Waals surface area contributed by atoms with Crippen LogP contribution >= 0.6 is 0 Å². The summed E-state index contributed by atoms with van der Waals surface area (Å²) in [6.07, 6.45) is 10.3. The Labute approximate surface area is 265 Å². The van der Waals surface area contributed by atoms with Gasteiger partial charge in [-0.25, -0.2) is 9.37 Å². The van der Waals surface area contributed by atoms with Gasteiger partial charge >= 0.3 is 0 Å². The number of hydrogen-bond donors (Lipinski definition) is 0. The van der Waals surface area contributed by atoms with Gasteiger partial charge in [0, 0.05) is 24.5 Å². The molecule has 0 radical (unpaired) electrons. The van der Waals surface area contributed by atoms with Gasteiger partial charge in [-0.3, -0.25) is 4.90 Å². The van der Waals surface area contributed by atoms with Gasteiger partial charge in [-0.05, 0) is 115 Å². The van der Waals surface area contributed by atoms with E-state index in [9.17, 15) is 4.39 Å². The van der Waals surface area contributed by atoms with Crippen molar-refractivity contribution in [1.29, 1.82) is 0 Å². The molecule has 0 spiro atoms. The SMILES string of the molecule is CCN(CC)C(CC1CCC(C(c2ccc(F)cc2)N(C)C)CC1)c1nc(Cc2ccccc2)c(N2C(C)CCCC2C)o1. The smallest absolute Gasteiger partial charge is 0.220 e. The highest BCUT2D eigenvalue weighted by Crippen LogP contribution is 2.44. The molecule has 1 saturated carbocycles. The third-order valence-corrected chi connectivity index (χ3v) is 10.5. The van der Waals surface area contributed by atoms with Gasteiger partial charge in [-0.15, -0.1) is 0 Å². The lowest BCUT2D eigenvalue weighted by Gasteiger charge is -2.39. The fourth-order valence-electron chi connectivity index (χ4n) is 8.21. The number of nitrogens with zero attached hydrogens (tertiary/aromatic N) is 4. The third kappa shape index (κ3) is 7.56. The Balaban J connectivity index is 1.38. The van der Waals surface area contributed by atoms with Crippen LogP contribution in [-0.4, -0.2) is 54.1 Å². The van der Waals surface area contributed by atoms with E-state index in [1.807, 2.05) is 12.1 Å². The average Bonchev–Trinajstić information content (AvgIpc) is 3.42. The van der Waals surface area contributed by atoms with Gasteiger partial charge in [0.25, 0.3) is 0 Å². The van der Waals surface area contributed by atoms with E-state index in [1.54, 1.807) is 12.1 Å². The van der Waals surface area contributed by atoms with Gasteiger partial charge in [0.2, 0.25) is 11.8 Å². The molecule has 2 heterocycles. The van der Waals surface area contributed by atoms with E-state index in [2.05, 4.69) is 86.8 Å². The molecule has 2 aromatic carbocycles. The third-order valence-electron chi connectivity index (χ3n) is 10.5. The van der Waals surface area contributed by atoms with E-state index < -0.39 is 0 Å². The molecule has 2 aliphatic rings. The van der Waals surface area contributed by atoms with Gasteiger partial charge in [0.05, 0.1) is 6.04 Å². The minimum Gasteiger partial charge on any atom is -0.423 e. The summed E-state index contributed by atoms with van der Waals surface area (Å²) in [6.45, 7) is 11.2. The zero-order valence-corrected chi connectivity index (χ0v) is 28.0. The number of rotatable bonds is 12. The molecular formula is C38H55FN4O. The normalized spacial score (nSPS) is 24.2. The Hall–Kier alpha value is -2.70. The molecule has 2 fully saturated rings. The number of oxazole rings is 1. The Morgan fingerprint density at radius 3 is 2.11 bits per heavy atom. The number of piperidine rings is 1. The first-order chi connectivity index (χ1) is 21.3. The Bertz CT molecular complexity index is 1270. The number of hydrogen-bond acceptors (Lipinski definition) is 5. The van der Waals surface area contributed by atoms with E-state index in [4.69, 9.17) is 9.40 Å². The Kier molecular flexibility index (Phi) is 11.2. The topological polar surface area (TPSA) is 35.8 Å². The standard InChI is InChI=1S/C38H55FN4O/c1-7-42(8-2)35(26-30-17-19-31(20-18-30)36(41(5)6)32-21-23-33(39)24-22-32)37-40-34(25-29-15-10-9-11-16-29)38(44-37)43-27(3)13-12-14-28(43)4/h9-11,15-16,21-24,27-28,30-31,35-36H,7-8,12-14,17-20,25-26H2,1-6H3. The van der Waals surface area contributed by atoms with Crippen molar-refractivity contribution in [1.82, 2.24) is 14.8 Å². The van der Waals surface area contributed by atoms with Crippen LogP contribution in [0, 0.1) is 17.7 Å². The molecule has 4 atom stereocenters. The molecule has 44 heavy (non-hydrogen) atoms. The summed E-state index contributed by atoms with van der Waals surface area (Å²) in [4.78, 5) is 12.8. The second kappa shape index (κ2) is 15.1. The summed E-state index contributed by atoms with van der Waals surface area (Å²) in [5.41, 5.74) is 3.58. The molecule has 5 nitrogen and oxygen atoms in total. The number of aromatic nitrogens is 1. The summed E-state index contributed by atoms with van der Waals surface area (Å²) >= 11 is 0. The molecule has 1 aromatic heterocycles. The van der Waals surface area contributed by atoms with Crippen molar-refractivity contribution in [2.45, 2.75) is 110 Å². The fourth-order valence-corrected chi connectivity index (χ4v) is 8.21. The second-order valence-corrected chi connectivity index (χ2v) is 13.7. The highest BCUT2D eigenvalue weighted by atomic mass is 19.1. The molecule has 3 aromatic rings. The van der Waals surface area contributed by atoms with Crippen molar-refractivity contribution in [3.8, 4) is 0 Å². The molecular weight excluding hydrogens is 547 g/mol. The first kappa shape index (κ1) is 32.7. The first-order valence-corrected chi connectivity index (χ1v) is 17.3. The summed E-state index contributed by atoms with van der Waals surface area (Å²) in [5, 5.41) is 0. The van der Waals surface area contributed by atoms with Crippen LogP contribution in [0.5, 0.6) is 0 Å². The molecule has 240 valence electrons. The summed E-state index contributed by atoms with van der Waals surface area (Å²) in [6, 6.07) is 19.3. The van der Waals surface area contributed by atoms with E-state index in [-0.39, 0.29) is 11.9 Å². The van der Waals surface area contributed by atoms with Crippen LogP contribution in [0.25, 0.3) is 0 Å². The summed E-state index contributed by atoms with van der Waals surface area (Å²) in [7, 11) is 4.32. The summed E-state index contributed by atoms with van der Waals surface area (Å²) in [5.74, 6) is 2.94. The quantitative estimate of drug-likeness (QED) is 0.207. The Morgan fingerprint density at radius 1 is 0.886 bits per heavy atom. The second-order valence-electron chi connectivity index (χ2n) is 13.7. The Morgan fingerprint density at radius 2 is 1.52 bits per heavy atom. The largest absolute Gasteiger partial charge is 0.423 e. The van der Waals surface area contributed by atoms with E-state index in [0.717, 1.165) is 43.4 Å². The molecule has 5 rings (SSSR count). The van der Waals surface area contributed by atoms with Crippen LogP contribution in [-0.2, 0) is 6.42 Å². The van der Waals surface area contributed by atoms with Crippen LogP contribution in [0.1, 0.15) is 114 Å². The first-order valence-electron chi connectivity index (χ1n) is 17.3. The van der Waals surface area contributed by atoms with Gasteiger partial charge in [-0.1, -0.05) is 69.2 Å². The minimum absolute atomic E-state index is 0.164. The van der Waals surface area contributed by atoms with Crippen molar-refractivity contribution in [3.05, 3.63) is 83.1 Å². The number of halogens is 1. The van der Waals surface area contributed by atoms with E-state index >= 15 is 0 Å². The molecule has 0 amide bonds. The molecule has 1 saturated heterocycles. The average molecular weight is 603 g/mol. The zero-order valence-electron chi connectivity index (χ0n) is 28.0. The fraction of sp³-hybridized carbons (Fsp3) is 0.605. The van der Waals surface area contributed by atoms with Crippen molar-refractivity contribution in [3.63, 3.8) is 0 Å². The van der Waals surface area contributed by atoms with Crippen LogP contribution in [0.2, 0.25) is 0 Å². The van der Waals surface area contributed by atoms with Crippen molar-refractivity contribution in [2.75, 3.05) is 32.1 Å². The molecule has 1 aliphatic heterocycles. The number of anilines is 1. The lowest BCUT2D eigenvalue weighted by Crippen LogP contribution is -2.44. The van der Waals surface area contributed by atoms with Gasteiger partial charge < -0.3 is 14.2 Å². The highest BCUT2D eigenvalue weighted by molar-refractivity contribution is 5.46. The lowest BCUT2D eigenvalue weighted by molar-refractivity contribution is 0.112. The molecule has 0 N–H and O–H groups in total. The van der Waals surface area contributed by atoms with Crippen LogP contribution < -0.4 is 4.90 Å². The van der Waals surface area contributed by atoms with E-state index in [1.165, 1.54) is 56.1 Å². The minimum atomic E-state index is -0.164. The van der Waals surface area contributed by atoms with Crippen molar-refractivity contribution >= 4 is 5.88 Å². The number of benzene rings is 2. The maximum atomic E-state index is 13.7. The summed E-state index contributed by atoms with van der Waals surface area (Å²) < 4.78 is 20.6. The van der Waals surface area contributed by atoms with Gasteiger partial charge in [-0.2, -0.15) is 0 Å². The molecule has 4 unspecified atom stereocenters. The molecule has 1 aliphatic carbocycles. The maximum absolute atomic E-state index is 13.7. The predicted octanol–water partition coefficient (Wildman–Crippen LogP) is 9.05. The molecule has 0 bridgehead atoms. The van der Waals surface area contributed by atoms with Gasteiger partial charge in [0.1, 0.15) is 11.5 Å². The zero-order chi connectivity index (χ0) is 31.2. The van der Waals surface area contributed by atoms with Crippen molar-refractivity contribution in [2.24, 2.45) is 11.8 Å². The maximum Gasteiger partial charge on any atom is 0.220 e. The van der Waals surface area contributed by atoms with Crippen LogP contribution in [0.4, 0.5) is 10.3 Å². The highest BCUT2D eigenvalue weighted by Gasteiger charge is 2.36. The molecule has 6 heteroatoms. The van der Waals surface area contributed by atoms with Crippen LogP contribution in [0.3, 0.4) is 0 Å². The van der Waals surface area contributed by atoms with E-state index in [0.29, 0.717) is 30.0 Å².